The van der Waals surface area contributed by atoms with Gasteiger partial charge in [0.15, 0.2) is 0 Å². The van der Waals surface area contributed by atoms with Crippen LogP contribution >= 0.6 is 35.7 Å². The number of hydrogen-bond acceptors (Lipinski definition) is 9. The van der Waals surface area contributed by atoms with Crippen LogP contribution in [-0.4, -0.2) is 43.2 Å². The fourth-order valence-electron chi connectivity index (χ4n) is 2.98. The Hall–Kier alpha value is -1.97. The minimum Gasteiger partial charge on any atom is -0.494 e. The van der Waals surface area contributed by atoms with Gasteiger partial charge in [-0.3, -0.25) is 0 Å². The number of carbonyl (C=O) groups is 2. The second kappa shape index (κ2) is 8.41. The van der Waals surface area contributed by atoms with Crippen LogP contribution in [0.2, 0.25) is 0 Å². The van der Waals surface area contributed by atoms with Crippen LogP contribution in [0.3, 0.4) is 0 Å². The van der Waals surface area contributed by atoms with E-state index in [0.29, 0.717) is 11.5 Å². The second-order valence-corrected chi connectivity index (χ2v) is 9.44. The summed E-state index contributed by atoms with van der Waals surface area (Å²) in [5.41, 5.74) is 2.08. The minimum atomic E-state index is -0.582. The number of hydrogen-bond donors (Lipinski definition) is 1. The second-order valence-electron chi connectivity index (χ2n) is 6.73. The lowest BCUT2D eigenvalue weighted by Gasteiger charge is -2.37. The first kappa shape index (κ1) is 21.7. The van der Waals surface area contributed by atoms with Gasteiger partial charge in [0, 0.05) is 21.7 Å². The van der Waals surface area contributed by atoms with Crippen molar-refractivity contribution in [1.29, 1.82) is 0 Å². The van der Waals surface area contributed by atoms with Gasteiger partial charge >= 0.3 is 11.9 Å². The summed E-state index contributed by atoms with van der Waals surface area (Å²) in [5.74, 6) is -0.446. The maximum atomic E-state index is 12.3. The molecule has 0 aliphatic carbocycles. The third-order valence-corrected chi connectivity index (χ3v) is 7.63. The van der Waals surface area contributed by atoms with Gasteiger partial charge in [-0.1, -0.05) is 35.7 Å². The van der Waals surface area contributed by atoms with Crippen LogP contribution in [0.25, 0.3) is 5.57 Å². The van der Waals surface area contributed by atoms with Crippen LogP contribution in [0, 0.1) is 0 Å². The van der Waals surface area contributed by atoms with E-state index in [1.54, 1.807) is 0 Å². The summed E-state index contributed by atoms with van der Waals surface area (Å²) in [7, 11) is 2.56. The van der Waals surface area contributed by atoms with E-state index in [2.05, 4.69) is 5.32 Å². The van der Waals surface area contributed by atoms with Gasteiger partial charge in [0.05, 0.1) is 30.6 Å². The molecule has 6 nitrogen and oxygen atoms in total. The zero-order valence-electron chi connectivity index (χ0n) is 16.7. The molecule has 0 spiro atoms. The first-order chi connectivity index (χ1) is 13.7. The molecule has 0 fully saturated rings. The Labute approximate surface area is 183 Å². The number of rotatable bonds is 4. The van der Waals surface area contributed by atoms with Crippen molar-refractivity contribution < 1.29 is 23.8 Å². The van der Waals surface area contributed by atoms with Gasteiger partial charge in [-0.25, -0.2) is 9.59 Å². The predicted octanol–water partition coefficient (Wildman–Crippen LogP) is 4.37. The molecular weight excluding hydrogens is 430 g/mol. The van der Waals surface area contributed by atoms with Gasteiger partial charge < -0.3 is 19.5 Å². The zero-order valence-corrected chi connectivity index (χ0v) is 19.2. The molecule has 1 N–H and O–H groups in total. The Morgan fingerprint density at radius 3 is 2.21 bits per heavy atom. The number of fused-ring (bicyclic) bond motifs is 1. The van der Waals surface area contributed by atoms with Gasteiger partial charge in [0.25, 0.3) is 0 Å². The van der Waals surface area contributed by atoms with Crippen molar-refractivity contribution in [1.82, 2.24) is 0 Å². The number of benzene rings is 1. The Balaban J connectivity index is 2.17. The lowest BCUT2D eigenvalue weighted by molar-refractivity contribution is -0.138. The number of esters is 2. The topological polar surface area (TPSA) is 73.9 Å². The quantitative estimate of drug-likeness (QED) is 0.408. The van der Waals surface area contributed by atoms with Gasteiger partial charge in [-0.15, -0.1) is 0 Å². The van der Waals surface area contributed by atoms with E-state index in [1.165, 1.54) is 37.7 Å². The summed E-state index contributed by atoms with van der Waals surface area (Å²) in [6, 6.07) is 5.77. The van der Waals surface area contributed by atoms with Crippen LogP contribution in [0.15, 0.2) is 32.2 Å². The number of ether oxygens (including phenoxy) is 3. The molecule has 154 valence electrons. The highest BCUT2D eigenvalue weighted by Gasteiger charge is 2.40. The van der Waals surface area contributed by atoms with E-state index in [9.17, 15) is 9.59 Å². The smallest absolute Gasteiger partial charge is 0.346 e. The molecule has 0 aromatic heterocycles. The van der Waals surface area contributed by atoms with Crippen molar-refractivity contribution in [3.63, 3.8) is 0 Å². The number of thioether (sulfide) groups is 2. The molecule has 0 unspecified atom stereocenters. The number of thiocarbonyl (C=S) groups is 1. The molecule has 2 aliphatic heterocycles. The standard InChI is InChI=1S/C20H21NO5S3/c1-6-26-10-7-8-12-11(9-10)13(16(27)20(2,3)21-12)19-28-14(17(22)24-4)15(29-19)18(23)25-5/h7-9,21H,6H2,1-5H3. The summed E-state index contributed by atoms with van der Waals surface area (Å²) in [6.45, 7) is 6.45. The van der Waals surface area contributed by atoms with Gasteiger partial charge in [-0.2, -0.15) is 0 Å². The molecule has 2 aliphatic rings. The molecule has 0 atom stereocenters. The van der Waals surface area contributed by atoms with Gasteiger partial charge in [0.1, 0.15) is 15.6 Å². The summed E-state index contributed by atoms with van der Waals surface area (Å²) in [4.78, 5) is 25.6. The number of methoxy groups -OCH3 is 2. The van der Waals surface area contributed by atoms with Crippen LogP contribution in [0.1, 0.15) is 26.3 Å². The van der Waals surface area contributed by atoms with Crippen molar-refractivity contribution in [3.05, 3.63) is 37.8 Å². The summed E-state index contributed by atoms with van der Waals surface area (Å²) >= 11 is 8.17. The summed E-state index contributed by atoms with van der Waals surface area (Å²) < 4.78 is 16.1. The Morgan fingerprint density at radius 2 is 1.69 bits per heavy atom. The lowest BCUT2D eigenvalue weighted by atomic mass is 9.85. The molecule has 0 amide bonds. The molecule has 0 saturated carbocycles. The highest BCUT2D eigenvalue weighted by molar-refractivity contribution is 8.29. The average molecular weight is 452 g/mol. The van der Waals surface area contributed by atoms with E-state index in [4.69, 9.17) is 26.4 Å². The van der Waals surface area contributed by atoms with Crippen LogP contribution in [0.4, 0.5) is 5.69 Å². The number of anilines is 1. The van der Waals surface area contributed by atoms with Crippen LogP contribution in [-0.2, 0) is 19.1 Å². The van der Waals surface area contributed by atoms with Gasteiger partial charge in [-0.05, 0) is 39.0 Å². The molecule has 0 bridgehead atoms. The normalized spacial score (nSPS) is 17.6. The molecule has 9 heteroatoms. The fourth-order valence-corrected chi connectivity index (χ4v) is 5.97. The molecule has 0 radical (unpaired) electrons. The third-order valence-electron chi connectivity index (χ3n) is 4.35. The molecule has 1 aromatic carbocycles. The van der Waals surface area contributed by atoms with E-state index < -0.39 is 17.5 Å². The molecule has 29 heavy (non-hydrogen) atoms. The lowest BCUT2D eigenvalue weighted by Crippen LogP contribution is -2.43. The van der Waals surface area contributed by atoms with E-state index in [0.717, 1.165) is 26.8 Å². The van der Waals surface area contributed by atoms with Crippen molar-refractivity contribution >= 4 is 63.8 Å². The SMILES string of the molecule is CCOc1ccc2c(c1)C(=C1SC(C(=O)OC)=C(C(=O)OC)S1)C(=S)C(C)(C)N2. The van der Waals surface area contributed by atoms with Crippen LogP contribution in [0.5, 0.6) is 5.75 Å². The molecule has 0 saturated heterocycles. The maximum absolute atomic E-state index is 12.3. The monoisotopic (exact) mass is 451 g/mol. The number of nitrogens with one attached hydrogen (secondary N) is 1. The fraction of sp³-hybridized carbons (Fsp3) is 0.350. The largest absolute Gasteiger partial charge is 0.494 e. The predicted molar refractivity (Wildman–Crippen MR) is 121 cm³/mol. The Kier molecular flexibility index (Phi) is 6.30. The maximum Gasteiger partial charge on any atom is 0.346 e. The molecular formula is C20H21NO5S3. The summed E-state index contributed by atoms with van der Waals surface area (Å²) in [6.07, 6.45) is 0. The number of carbonyl (C=O) groups excluding carboxylic acids is 2. The van der Waals surface area contributed by atoms with E-state index >= 15 is 0 Å². The Bertz CT molecular complexity index is 935. The highest BCUT2D eigenvalue weighted by Crippen LogP contribution is 2.55. The highest BCUT2D eigenvalue weighted by atomic mass is 32.2. The zero-order chi connectivity index (χ0) is 21.3. The first-order valence-electron chi connectivity index (χ1n) is 8.84. The Morgan fingerprint density at radius 1 is 1.10 bits per heavy atom. The van der Waals surface area contributed by atoms with Crippen molar-refractivity contribution in [2.24, 2.45) is 0 Å². The van der Waals surface area contributed by atoms with E-state index in [1.807, 2.05) is 39.0 Å². The van der Waals surface area contributed by atoms with Crippen molar-refractivity contribution in [3.8, 4) is 5.75 Å². The van der Waals surface area contributed by atoms with Crippen molar-refractivity contribution in [2.45, 2.75) is 26.3 Å². The average Bonchev–Trinajstić information content (AvgIpc) is 3.13. The van der Waals surface area contributed by atoms with E-state index in [-0.39, 0.29) is 9.81 Å². The van der Waals surface area contributed by atoms with Crippen molar-refractivity contribution in [2.75, 3.05) is 26.1 Å². The molecule has 3 rings (SSSR count). The summed E-state index contributed by atoms with van der Waals surface area (Å²) in [5, 5.41) is 3.45. The molecule has 1 aromatic rings. The first-order valence-corrected chi connectivity index (χ1v) is 10.9. The van der Waals surface area contributed by atoms with Gasteiger partial charge in [0.2, 0.25) is 0 Å². The molecule has 2 heterocycles. The van der Waals surface area contributed by atoms with Crippen LogP contribution < -0.4 is 10.1 Å². The third kappa shape index (κ3) is 4.04. The minimum absolute atomic E-state index is 0.202.